The van der Waals surface area contributed by atoms with Crippen LogP contribution in [0.3, 0.4) is 0 Å². The van der Waals surface area contributed by atoms with E-state index >= 15 is 0 Å². The maximum atomic E-state index is 13.3. The van der Waals surface area contributed by atoms with Gasteiger partial charge in [0, 0.05) is 17.2 Å². The van der Waals surface area contributed by atoms with Crippen molar-refractivity contribution in [3.8, 4) is 28.7 Å². The van der Waals surface area contributed by atoms with Crippen LogP contribution in [0.1, 0.15) is 41.3 Å². The fourth-order valence-corrected chi connectivity index (χ4v) is 6.54. The highest BCUT2D eigenvalue weighted by atomic mass is 32.1. The lowest BCUT2D eigenvalue weighted by molar-refractivity contribution is -0.143. The van der Waals surface area contributed by atoms with Crippen molar-refractivity contribution in [2.75, 3.05) is 39.5 Å². The van der Waals surface area contributed by atoms with Gasteiger partial charge in [-0.1, -0.05) is 0 Å². The molecule has 1 aliphatic carbocycles. The van der Waals surface area contributed by atoms with E-state index in [4.69, 9.17) is 28.4 Å². The normalized spacial score (nSPS) is 22.2. The Morgan fingerprint density at radius 1 is 1.10 bits per heavy atom. The fraction of sp³-hybridized carbons (Fsp3) is 0.393. The van der Waals surface area contributed by atoms with Gasteiger partial charge in [0.2, 0.25) is 12.5 Å². The van der Waals surface area contributed by atoms with Gasteiger partial charge < -0.3 is 38.8 Å². The Hall–Kier alpha value is -4.19. The first-order valence-corrected chi connectivity index (χ1v) is 13.7. The van der Waals surface area contributed by atoms with Crippen LogP contribution in [0.2, 0.25) is 0 Å². The first kappa shape index (κ1) is 26.1. The monoisotopic (exact) mass is 568 g/mol. The molecule has 1 aromatic heterocycles. The number of hydrogen-bond donors (Lipinski definition) is 2. The largest absolute Gasteiger partial charge is 0.502 e. The molecule has 4 atom stereocenters. The number of carbonyl (C=O) groups excluding carboxylic acids is 2. The molecule has 3 aliphatic rings. The zero-order chi connectivity index (χ0) is 28.0. The minimum Gasteiger partial charge on any atom is -0.502 e. The third-order valence-corrected chi connectivity index (χ3v) is 8.33. The number of aromatic hydroxyl groups is 1. The SMILES string of the molecule is CCOC(=O)Cc1csc(N[C@@H]2c3cc4c(cc3[C@@H](c3cc(OC)c(O)c(OC)c3)[C@H]3C(=O)OC[C@@H]32)OCO4)n1. The van der Waals surface area contributed by atoms with E-state index in [0.717, 1.165) is 16.7 Å². The number of cyclic esters (lactones) is 1. The average molecular weight is 569 g/mol. The Morgan fingerprint density at radius 2 is 1.80 bits per heavy atom. The molecule has 3 heterocycles. The number of phenolic OH excluding ortho intramolecular Hbond substituents is 1. The first-order valence-electron chi connectivity index (χ1n) is 12.8. The molecule has 2 aromatic carbocycles. The van der Waals surface area contributed by atoms with Crippen LogP contribution in [0.5, 0.6) is 28.7 Å². The van der Waals surface area contributed by atoms with E-state index in [1.54, 1.807) is 19.1 Å². The van der Waals surface area contributed by atoms with Gasteiger partial charge in [0.15, 0.2) is 28.1 Å². The van der Waals surface area contributed by atoms with Gasteiger partial charge in [-0.3, -0.25) is 9.59 Å². The fourth-order valence-electron chi connectivity index (χ4n) is 5.79. The third-order valence-electron chi connectivity index (χ3n) is 7.51. The number of nitrogens with zero attached hydrogens (tertiary/aromatic N) is 1. The number of rotatable bonds is 8. The van der Waals surface area contributed by atoms with E-state index < -0.39 is 11.8 Å². The summed E-state index contributed by atoms with van der Waals surface area (Å²) in [6.07, 6.45) is 0.0756. The van der Waals surface area contributed by atoms with E-state index in [2.05, 4.69) is 10.3 Å². The van der Waals surface area contributed by atoms with E-state index in [-0.39, 0.29) is 61.0 Å². The number of ether oxygens (including phenoxy) is 6. The van der Waals surface area contributed by atoms with Gasteiger partial charge in [-0.2, -0.15) is 0 Å². The van der Waals surface area contributed by atoms with Gasteiger partial charge in [-0.05, 0) is 47.9 Å². The zero-order valence-electron chi connectivity index (χ0n) is 22.1. The minimum atomic E-state index is -0.553. The van der Waals surface area contributed by atoms with Crippen molar-refractivity contribution < 1.29 is 43.1 Å². The van der Waals surface area contributed by atoms with Crippen LogP contribution < -0.4 is 24.3 Å². The number of carbonyl (C=O) groups is 2. The number of nitrogens with one attached hydrogen (secondary N) is 1. The number of fused-ring (bicyclic) bond motifs is 3. The quantitative estimate of drug-likeness (QED) is 0.384. The topological polar surface area (TPSA) is 135 Å². The highest BCUT2D eigenvalue weighted by molar-refractivity contribution is 7.13. The maximum Gasteiger partial charge on any atom is 0.311 e. The second-order valence-electron chi connectivity index (χ2n) is 9.65. The van der Waals surface area contributed by atoms with Gasteiger partial charge in [0.05, 0.1) is 51.5 Å². The van der Waals surface area contributed by atoms with Crippen LogP contribution in [-0.4, -0.2) is 56.3 Å². The summed E-state index contributed by atoms with van der Waals surface area (Å²) in [4.78, 5) is 29.9. The van der Waals surface area contributed by atoms with Crippen LogP contribution in [0.4, 0.5) is 5.13 Å². The summed E-state index contributed by atoms with van der Waals surface area (Å²) >= 11 is 1.37. The summed E-state index contributed by atoms with van der Waals surface area (Å²) in [6, 6.07) is 6.92. The summed E-state index contributed by atoms with van der Waals surface area (Å²) in [7, 11) is 2.92. The summed E-state index contributed by atoms with van der Waals surface area (Å²) in [5, 5.41) is 16.5. The summed E-state index contributed by atoms with van der Waals surface area (Å²) in [5.74, 6) is -0.382. The zero-order valence-corrected chi connectivity index (χ0v) is 22.9. The van der Waals surface area contributed by atoms with Crippen molar-refractivity contribution in [2.24, 2.45) is 11.8 Å². The molecule has 1 saturated heterocycles. The summed E-state index contributed by atoms with van der Waals surface area (Å²) in [5.41, 5.74) is 3.08. The molecule has 0 radical (unpaired) electrons. The number of anilines is 1. The van der Waals surface area contributed by atoms with Gasteiger partial charge in [-0.15, -0.1) is 11.3 Å². The number of hydrogen-bond acceptors (Lipinski definition) is 12. The van der Waals surface area contributed by atoms with E-state index in [9.17, 15) is 14.7 Å². The van der Waals surface area contributed by atoms with Crippen molar-refractivity contribution >= 4 is 28.4 Å². The molecule has 0 spiro atoms. The lowest BCUT2D eigenvalue weighted by Gasteiger charge is -2.39. The molecule has 0 bridgehead atoms. The number of thiazole rings is 1. The third kappa shape index (κ3) is 4.41. The maximum absolute atomic E-state index is 13.3. The molecule has 6 rings (SSSR count). The van der Waals surface area contributed by atoms with Crippen molar-refractivity contribution in [2.45, 2.75) is 25.3 Å². The van der Waals surface area contributed by atoms with Crippen molar-refractivity contribution in [1.29, 1.82) is 0 Å². The Bertz CT molecular complexity index is 1450. The number of esters is 2. The molecule has 3 aromatic rings. The smallest absolute Gasteiger partial charge is 0.311 e. The number of benzene rings is 2. The molecule has 2 aliphatic heterocycles. The van der Waals surface area contributed by atoms with Crippen LogP contribution in [0.25, 0.3) is 0 Å². The lowest BCUT2D eigenvalue weighted by atomic mass is 9.65. The molecule has 0 amide bonds. The molecule has 0 saturated carbocycles. The first-order chi connectivity index (χ1) is 19.4. The predicted molar refractivity (Wildman–Crippen MR) is 142 cm³/mol. The molecule has 210 valence electrons. The van der Waals surface area contributed by atoms with Crippen LogP contribution in [0.15, 0.2) is 29.6 Å². The molecule has 2 N–H and O–H groups in total. The minimum absolute atomic E-state index is 0.0756. The lowest BCUT2D eigenvalue weighted by Crippen LogP contribution is -2.37. The Balaban J connectivity index is 1.45. The summed E-state index contributed by atoms with van der Waals surface area (Å²) in [6.45, 7) is 2.37. The van der Waals surface area contributed by atoms with Gasteiger partial charge in [0.1, 0.15) is 0 Å². The Labute approximate surface area is 233 Å². The molecular weight excluding hydrogens is 540 g/mol. The Morgan fingerprint density at radius 3 is 2.48 bits per heavy atom. The van der Waals surface area contributed by atoms with Crippen LogP contribution in [0, 0.1) is 11.8 Å². The average Bonchev–Trinajstić information content (AvgIpc) is 3.68. The van der Waals surface area contributed by atoms with Gasteiger partial charge >= 0.3 is 11.9 Å². The van der Waals surface area contributed by atoms with Crippen molar-refractivity contribution in [1.82, 2.24) is 4.98 Å². The molecule has 1 fully saturated rings. The van der Waals surface area contributed by atoms with Crippen molar-refractivity contribution in [3.63, 3.8) is 0 Å². The van der Waals surface area contributed by atoms with Gasteiger partial charge in [0.25, 0.3) is 0 Å². The van der Waals surface area contributed by atoms with Crippen LogP contribution in [-0.2, 0) is 25.5 Å². The number of phenols is 1. The number of aromatic nitrogens is 1. The molecule has 11 nitrogen and oxygen atoms in total. The molecule has 40 heavy (non-hydrogen) atoms. The van der Waals surface area contributed by atoms with E-state index in [0.29, 0.717) is 28.9 Å². The standard InChI is InChI=1S/C28H28N2O9S/c1-4-36-22(31)7-14-11-40-28(29-14)30-25-16-9-19-18(38-12-39-19)8-15(16)23(24-17(25)10-37-27(24)33)13-5-20(34-2)26(32)21(6-13)35-3/h5-6,8-9,11,17,23-25,32H,4,7,10,12H2,1-3H3,(H,29,30)/t17-,23+,24-,25+/m0/s1. The number of methoxy groups -OCH3 is 2. The second kappa shape index (κ2) is 10.4. The van der Waals surface area contributed by atoms with Crippen molar-refractivity contribution in [3.05, 3.63) is 52.0 Å². The Kier molecular flexibility index (Phi) is 6.78. The molecule has 12 heteroatoms. The van der Waals surface area contributed by atoms with E-state index in [1.807, 2.05) is 17.5 Å². The molecule has 0 unspecified atom stereocenters. The van der Waals surface area contributed by atoms with Crippen LogP contribution >= 0.6 is 11.3 Å². The highest BCUT2D eigenvalue weighted by Gasteiger charge is 2.53. The summed E-state index contributed by atoms with van der Waals surface area (Å²) < 4.78 is 33.0. The highest BCUT2D eigenvalue weighted by Crippen LogP contribution is 2.56. The second-order valence-corrected chi connectivity index (χ2v) is 10.5. The van der Waals surface area contributed by atoms with Gasteiger partial charge in [-0.25, -0.2) is 4.98 Å². The molecular formula is C28H28N2O9S. The van der Waals surface area contributed by atoms with E-state index in [1.165, 1.54) is 25.6 Å². The predicted octanol–water partition coefficient (Wildman–Crippen LogP) is 3.79.